The number of hydrogen-bond donors (Lipinski definition) is 2. The second kappa shape index (κ2) is 14.7. The van der Waals surface area contributed by atoms with Gasteiger partial charge in [0.05, 0.1) is 0 Å². The highest BCUT2D eigenvalue weighted by Gasteiger charge is 2.30. The van der Waals surface area contributed by atoms with Crippen molar-refractivity contribution in [3.8, 4) is 11.1 Å². The Bertz CT molecular complexity index is 1940. The molecule has 4 heterocycles. The van der Waals surface area contributed by atoms with Crippen LogP contribution in [0.25, 0.3) is 11.1 Å². The molecule has 2 aromatic heterocycles. The van der Waals surface area contributed by atoms with Crippen molar-refractivity contribution in [3.05, 3.63) is 106 Å². The molecule has 0 radical (unpaired) electrons. The first-order chi connectivity index (χ1) is 24.9. The molecular weight excluding hydrogens is 633 g/mol. The number of carbonyl (C=O) groups excluding carboxylic acids is 2. The van der Waals surface area contributed by atoms with E-state index in [4.69, 9.17) is 0 Å². The number of nitrogens with one attached hydrogen (secondary N) is 2. The highest BCUT2D eigenvalue weighted by molar-refractivity contribution is 6.05. The fourth-order valence-electron chi connectivity index (χ4n) is 8.10. The molecule has 2 amide bonds. The molecular formula is C43H50N6O2. The number of hydrogen-bond acceptors (Lipinski definition) is 6. The molecule has 0 bridgehead atoms. The van der Waals surface area contributed by atoms with E-state index in [1.165, 1.54) is 80.0 Å². The van der Waals surface area contributed by atoms with E-state index in [2.05, 4.69) is 42.5 Å². The minimum absolute atomic E-state index is 0.191. The summed E-state index contributed by atoms with van der Waals surface area (Å²) >= 11 is 0. The molecule has 4 aromatic rings. The van der Waals surface area contributed by atoms with E-state index in [9.17, 15) is 9.59 Å². The molecule has 0 atom stereocenters. The number of likely N-dealkylation sites (tertiary alicyclic amines) is 2. The largest absolute Gasteiger partial charge is 0.320 e. The highest BCUT2D eigenvalue weighted by Crippen LogP contribution is 2.43. The van der Waals surface area contributed by atoms with Gasteiger partial charge in [0.15, 0.2) is 0 Å². The lowest BCUT2D eigenvalue weighted by molar-refractivity contribution is 0.101. The maximum Gasteiger partial charge on any atom is 0.274 e. The van der Waals surface area contributed by atoms with Gasteiger partial charge < -0.3 is 10.6 Å². The number of rotatable bonds is 11. The lowest BCUT2D eigenvalue weighted by Crippen LogP contribution is -2.29. The fraction of sp³-hybridized carbons (Fsp3) is 0.442. The first kappa shape index (κ1) is 33.7. The minimum atomic E-state index is -0.192. The van der Waals surface area contributed by atoms with Crippen LogP contribution in [0.15, 0.2) is 60.9 Å². The number of amides is 2. The predicted octanol–water partition coefficient (Wildman–Crippen LogP) is 8.60. The Morgan fingerprint density at radius 3 is 1.45 bits per heavy atom. The van der Waals surface area contributed by atoms with Crippen LogP contribution in [0.5, 0.6) is 0 Å². The molecule has 2 saturated carbocycles. The average Bonchev–Trinajstić information content (AvgIpc) is 4.10. The van der Waals surface area contributed by atoms with Gasteiger partial charge >= 0.3 is 0 Å². The summed E-state index contributed by atoms with van der Waals surface area (Å²) in [6.07, 6.45) is 15.0. The number of benzene rings is 2. The van der Waals surface area contributed by atoms with Crippen LogP contribution in [0.4, 0.5) is 11.4 Å². The molecule has 4 aliphatic rings. The zero-order valence-electron chi connectivity index (χ0n) is 30.1. The predicted molar refractivity (Wildman–Crippen MR) is 203 cm³/mol. The standard InChI is InChI=1S/C43H50N6O2/c1-28-34(10-8-12-38(28)46-42(50)40-22-36(30-14-15-30)32(24-44-40)26-48-18-4-3-5-19-48)35-11-9-13-39(29(35)2)47-43(51)41-23-37(31-16-17-31)33(25-45-41)27-49-20-6-7-21-49/h8-13,22-25,30-31H,3-7,14-21,26-27H2,1-2H3,(H,46,50)(H,47,51). The number of pyridine rings is 2. The molecule has 2 aromatic carbocycles. The van der Waals surface area contributed by atoms with Crippen molar-refractivity contribution >= 4 is 23.2 Å². The van der Waals surface area contributed by atoms with Crippen LogP contribution < -0.4 is 10.6 Å². The lowest BCUT2D eigenvalue weighted by atomic mass is 9.94. The van der Waals surface area contributed by atoms with Crippen LogP contribution in [-0.4, -0.2) is 57.8 Å². The van der Waals surface area contributed by atoms with Crippen LogP contribution in [0.3, 0.4) is 0 Å². The van der Waals surface area contributed by atoms with E-state index < -0.39 is 0 Å². The number of nitrogens with zero attached hydrogens (tertiary/aromatic N) is 4. The Labute approximate surface area is 302 Å². The van der Waals surface area contributed by atoms with E-state index in [1.807, 2.05) is 62.6 Å². The normalized spacial score (nSPS) is 18.2. The van der Waals surface area contributed by atoms with Crippen molar-refractivity contribution in [3.63, 3.8) is 0 Å². The van der Waals surface area contributed by atoms with Crippen LogP contribution in [0.2, 0.25) is 0 Å². The first-order valence-corrected chi connectivity index (χ1v) is 19.2. The van der Waals surface area contributed by atoms with Crippen molar-refractivity contribution in [2.45, 2.75) is 96.6 Å². The molecule has 4 fully saturated rings. The summed E-state index contributed by atoms with van der Waals surface area (Å²) in [6.45, 7) is 10.5. The van der Waals surface area contributed by atoms with Gasteiger partial charge in [-0.05, 0) is 172 Å². The van der Waals surface area contributed by atoms with E-state index in [-0.39, 0.29) is 11.8 Å². The smallest absolute Gasteiger partial charge is 0.274 e. The van der Waals surface area contributed by atoms with Crippen molar-refractivity contribution in [2.24, 2.45) is 0 Å². The second-order valence-corrected chi connectivity index (χ2v) is 15.3. The van der Waals surface area contributed by atoms with Gasteiger partial charge in [-0.2, -0.15) is 0 Å². The molecule has 51 heavy (non-hydrogen) atoms. The summed E-state index contributed by atoms with van der Waals surface area (Å²) in [5, 5.41) is 6.33. The molecule has 0 spiro atoms. The molecule has 2 saturated heterocycles. The maximum atomic E-state index is 13.6. The zero-order chi connectivity index (χ0) is 34.9. The van der Waals surface area contributed by atoms with Crippen LogP contribution in [0.1, 0.15) is 124 Å². The van der Waals surface area contributed by atoms with Crippen LogP contribution in [-0.2, 0) is 13.1 Å². The molecule has 8 rings (SSSR count). The van der Waals surface area contributed by atoms with Gasteiger partial charge in [-0.25, -0.2) is 0 Å². The van der Waals surface area contributed by atoms with Gasteiger partial charge in [0.2, 0.25) is 0 Å². The van der Waals surface area contributed by atoms with Crippen molar-refractivity contribution in [1.29, 1.82) is 0 Å². The van der Waals surface area contributed by atoms with E-state index >= 15 is 0 Å². The molecule has 2 aliphatic heterocycles. The van der Waals surface area contributed by atoms with E-state index in [0.717, 1.165) is 72.9 Å². The third-order valence-corrected chi connectivity index (χ3v) is 11.4. The average molecular weight is 683 g/mol. The van der Waals surface area contributed by atoms with Gasteiger partial charge in [-0.1, -0.05) is 30.7 Å². The number of aromatic nitrogens is 2. The molecule has 8 nitrogen and oxygen atoms in total. The number of carbonyl (C=O) groups is 2. The summed E-state index contributed by atoms with van der Waals surface area (Å²) in [4.78, 5) is 41.5. The topological polar surface area (TPSA) is 90.5 Å². The maximum absolute atomic E-state index is 13.6. The lowest BCUT2D eigenvalue weighted by Gasteiger charge is -2.27. The van der Waals surface area contributed by atoms with Crippen molar-refractivity contribution in [1.82, 2.24) is 19.8 Å². The van der Waals surface area contributed by atoms with E-state index in [1.54, 1.807) is 0 Å². The van der Waals surface area contributed by atoms with Crippen molar-refractivity contribution < 1.29 is 9.59 Å². The Balaban J connectivity index is 0.984. The summed E-state index contributed by atoms with van der Waals surface area (Å²) in [6, 6.07) is 16.0. The number of anilines is 2. The molecule has 2 aliphatic carbocycles. The third-order valence-electron chi connectivity index (χ3n) is 11.4. The Morgan fingerprint density at radius 2 is 1.04 bits per heavy atom. The highest BCUT2D eigenvalue weighted by atomic mass is 16.2. The quantitative estimate of drug-likeness (QED) is 0.165. The SMILES string of the molecule is Cc1c(NC(=O)c2cc(C3CC3)c(CN3CCCCC3)cn2)cccc1-c1cccc(NC(=O)c2cc(C3CC3)c(CN3CCCC3)cn2)c1C. The zero-order valence-corrected chi connectivity index (χ0v) is 30.1. The van der Waals surface area contributed by atoms with Gasteiger partial charge in [0.25, 0.3) is 11.8 Å². The Kier molecular flexibility index (Phi) is 9.71. The molecule has 2 N–H and O–H groups in total. The van der Waals surface area contributed by atoms with E-state index in [0.29, 0.717) is 23.2 Å². The summed E-state index contributed by atoms with van der Waals surface area (Å²) in [5.41, 5.74) is 11.5. The van der Waals surface area contributed by atoms with Gasteiger partial charge in [-0.15, -0.1) is 0 Å². The molecule has 0 unspecified atom stereocenters. The molecule has 264 valence electrons. The third kappa shape index (κ3) is 7.63. The summed E-state index contributed by atoms with van der Waals surface area (Å²) < 4.78 is 0. The Morgan fingerprint density at radius 1 is 0.627 bits per heavy atom. The summed E-state index contributed by atoms with van der Waals surface area (Å²) in [5.74, 6) is 0.694. The van der Waals surface area contributed by atoms with Gasteiger partial charge in [-0.3, -0.25) is 29.4 Å². The van der Waals surface area contributed by atoms with Crippen molar-refractivity contribution in [2.75, 3.05) is 36.8 Å². The monoisotopic (exact) mass is 682 g/mol. The molecule has 8 heteroatoms. The minimum Gasteiger partial charge on any atom is -0.320 e. The fourth-order valence-corrected chi connectivity index (χ4v) is 8.10. The first-order valence-electron chi connectivity index (χ1n) is 19.2. The Hall–Kier alpha value is -4.40. The number of piperidine rings is 1. The van der Waals surface area contributed by atoms with Crippen LogP contribution in [0, 0.1) is 13.8 Å². The second-order valence-electron chi connectivity index (χ2n) is 15.3. The van der Waals surface area contributed by atoms with Gasteiger partial charge in [0, 0.05) is 36.9 Å². The summed E-state index contributed by atoms with van der Waals surface area (Å²) in [7, 11) is 0. The van der Waals surface area contributed by atoms with Gasteiger partial charge in [0.1, 0.15) is 11.4 Å². The van der Waals surface area contributed by atoms with Crippen LogP contribution >= 0.6 is 0 Å².